The molecule has 2 saturated heterocycles. The second kappa shape index (κ2) is 4.08. The average molecular weight is 217 g/mol. The normalized spacial score (nSPS) is 34.1. The number of aliphatic hydroxyl groups excluding tert-OH is 2. The van der Waals surface area contributed by atoms with Crippen LogP contribution in [-0.4, -0.2) is 51.1 Å². The van der Waals surface area contributed by atoms with Crippen molar-refractivity contribution in [2.75, 3.05) is 6.54 Å². The van der Waals surface area contributed by atoms with Gasteiger partial charge in [-0.25, -0.2) is 0 Å². The third-order valence-corrected chi connectivity index (χ3v) is 2.79. The van der Waals surface area contributed by atoms with Crippen molar-refractivity contribution in [2.24, 2.45) is 5.41 Å². The zero-order chi connectivity index (χ0) is 11.8. The van der Waals surface area contributed by atoms with E-state index in [-0.39, 0.29) is 0 Å². The predicted octanol–water partition coefficient (Wildman–Crippen LogP) is -0.129. The van der Waals surface area contributed by atoms with Gasteiger partial charge >= 0.3 is 5.97 Å². The quantitative estimate of drug-likeness (QED) is 0.526. The largest absolute Gasteiger partial charge is 0.481 e. The summed E-state index contributed by atoms with van der Waals surface area (Å²) in [5, 5.41) is 26.0. The number of carbonyl (C=O) groups is 1. The standard InChI is InChI=1S/C5H9NO2.C5H10O2/c7-4-3-1-2-6(3)5(4)8;1-5(2,3)4(6)7/h3-5,7-8H,1-2H2;1-3H3,(H,6,7). The Morgan fingerprint density at radius 2 is 1.80 bits per heavy atom. The van der Waals surface area contributed by atoms with Crippen LogP contribution in [0.4, 0.5) is 0 Å². The summed E-state index contributed by atoms with van der Waals surface area (Å²) >= 11 is 0. The molecule has 0 saturated carbocycles. The van der Waals surface area contributed by atoms with Gasteiger partial charge in [0, 0.05) is 12.6 Å². The summed E-state index contributed by atoms with van der Waals surface area (Å²) in [6.07, 6.45) is 0.0515. The smallest absolute Gasteiger partial charge is 0.308 e. The number of nitrogens with zero attached hydrogens (tertiary/aromatic N) is 1. The summed E-state index contributed by atoms with van der Waals surface area (Å²) in [6.45, 7) is 5.95. The SMILES string of the molecule is CC(C)(C)C(=O)O.OC1C(O)N2CCC12. The van der Waals surface area contributed by atoms with Crippen molar-refractivity contribution in [3.8, 4) is 0 Å². The number of piperidine rings is 1. The number of hydrogen-bond donors (Lipinski definition) is 3. The van der Waals surface area contributed by atoms with Gasteiger partial charge < -0.3 is 15.3 Å². The zero-order valence-electron chi connectivity index (χ0n) is 9.34. The lowest BCUT2D eigenvalue weighted by Crippen LogP contribution is -2.74. The first-order chi connectivity index (χ1) is 6.75. The van der Waals surface area contributed by atoms with E-state index >= 15 is 0 Å². The molecule has 2 rings (SSSR count). The van der Waals surface area contributed by atoms with Gasteiger partial charge in [0.25, 0.3) is 0 Å². The van der Waals surface area contributed by atoms with Crippen LogP contribution < -0.4 is 0 Å². The summed E-state index contributed by atoms with van der Waals surface area (Å²) in [5.41, 5.74) is -0.583. The lowest BCUT2D eigenvalue weighted by molar-refractivity contribution is -0.253. The Morgan fingerprint density at radius 1 is 1.33 bits per heavy atom. The molecule has 0 amide bonds. The molecule has 0 aromatic carbocycles. The van der Waals surface area contributed by atoms with E-state index in [0.29, 0.717) is 6.04 Å². The van der Waals surface area contributed by atoms with Crippen molar-refractivity contribution >= 4 is 5.97 Å². The summed E-state index contributed by atoms with van der Waals surface area (Å²) in [4.78, 5) is 11.9. The number of rotatable bonds is 0. The van der Waals surface area contributed by atoms with E-state index in [4.69, 9.17) is 15.3 Å². The highest BCUT2D eigenvalue weighted by atomic mass is 16.4. The Hall–Kier alpha value is -0.650. The summed E-state index contributed by atoms with van der Waals surface area (Å²) < 4.78 is 0. The molecular formula is C10H19NO4. The predicted molar refractivity (Wildman–Crippen MR) is 54.2 cm³/mol. The van der Waals surface area contributed by atoms with E-state index in [0.717, 1.165) is 13.0 Å². The molecule has 0 bridgehead atoms. The molecule has 2 aliphatic heterocycles. The maximum Gasteiger partial charge on any atom is 0.308 e. The molecule has 15 heavy (non-hydrogen) atoms. The van der Waals surface area contributed by atoms with E-state index in [9.17, 15) is 4.79 Å². The van der Waals surface area contributed by atoms with Crippen LogP contribution in [0.25, 0.3) is 0 Å². The fourth-order valence-electron chi connectivity index (χ4n) is 1.42. The highest BCUT2D eigenvalue weighted by Crippen LogP contribution is 2.34. The van der Waals surface area contributed by atoms with Crippen molar-refractivity contribution in [3.63, 3.8) is 0 Å². The number of carboxylic acids is 1. The molecule has 0 aromatic rings. The molecular weight excluding hydrogens is 198 g/mol. The van der Waals surface area contributed by atoms with E-state index in [1.54, 1.807) is 20.8 Å². The topological polar surface area (TPSA) is 81.0 Å². The molecule has 0 aromatic heterocycles. The monoisotopic (exact) mass is 217 g/mol. The van der Waals surface area contributed by atoms with Crippen molar-refractivity contribution in [1.29, 1.82) is 0 Å². The molecule has 2 aliphatic rings. The number of fused-ring (bicyclic) bond motifs is 1. The second-order valence-corrected chi connectivity index (χ2v) is 5.05. The van der Waals surface area contributed by atoms with Gasteiger partial charge in [-0.1, -0.05) is 0 Å². The minimum atomic E-state index is -0.757. The van der Waals surface area contributed by atoms with E-state index in [1.165, 1.54) is 0 Å². The van der Waals surface area contributed by atoms with Crippen LogP contribution in [0.5, 0.6) is 0 Å². The highest BCUT2D eigenvalue weighted by Gasteiger charge is 2.51. The number of aliphatic hydroxyl groups is 2. The zero-order valence-corrected chi connectivity index (χ0v) is 9.34. The van der Waals surface area contributed by atoms with Crippen molar-refractivity contribution in [1.82, 2.24) is 4.90 Å². The van der Waals surface area contributed by atoms with Gasteiger partial charge in [-0.05, 0) is 27.2 Å². The number of aliphatic carboxylic acids is 1. The van der Waals surface area contributed by atoms with Crippen LogP contribution in [0.15, 0.2) is 0 Å². The third kappa shape index (κ3) is 2.48. The van der Waals surface area contributed by atoms with Crippen LogP contribution in [0.2, 0.25) is 0 Å². The fraction of sp³-hybridized carbons (Fsp3) is 0.900. The molecule has 0 radical (unpaired) electrons. The van der Waals surface area contributed by atoms with Crippen molar-refractivity contribution in [3.05, 3.63) is 0 Å². The van der Waals surface area contributed by atoms with Crippen LogP contribution in [0.1, 0.15) is 27.2 Å². The Bertz CT molecular complexity index is 222. The minimum absolute atomic E-state index is 0.296. The number of hydrogen-bond acceptors (Lipinski definition) is 4. The molecule has 5 heteroatoms. The molecule has 3 unspecified atom stereocenters. The maximum absolute atomic E-state index is 10.0. The Balaban J connectivity index is 0.000000153. The minimum Gasteiger partial charge on any atom is -0.481 e. The highest BCUT2D eigenvalue weighted by molar-refractivity contribution is 5.72. The van der Waals surface area contributed by atoms with Gasteiger partial charge in [0.15, 0.2) is 0 Å². The van der Waals surface area contributed by atoms with Crippen LogP contribution in [-0.2, 0) is 4.79 Å². The first-order valence-electron chi connectivity index (χ1n) is 5.10. The van der Waals surface area contributed by atoms with Gasteiger partial charge in [0.05, 0.1) is 5.41 Å². The third-order valence-electron chi connectivity index (χ3n) is 2.79. The Labute approximate surface area is 89.3 Å². The summed E-state index contributed by atoms with van der Waals surface area (Å²) in [7, 11) is 0. The molecule has 0 spiro atoms. The molecule has 3 N–H and O–H groups in total. The first kappa shape index (κ1) is 12.4. The molecule has 3 atom stereocenters. The average Bonchev–Trinajstić information content (AvgIpc) is 2.01. The molecule has 0 aliphatic carbocycles. The molecule has 2 heterocycles. The maximum atomic E-state index is 10.0. The van der Waals surface area contributed by atoms with E-state index in [1.807, 2.05) is 4.90 Å². The lowest BCUT2D eigenvalue weighted by Gasteiger charge is -2.57. The van der Waals surface area contributed by atoms with Gasteiger partial charge in [-0.3, -0.25) is 9.69 Å². The number of carboxylic acid groups (broad SMARTS) is 1. The lowest BCUT2D eigenvalue weighted by atomic mass is 9.86. The fourth-order valence-corrected chi connectivity index (χ4v) is 1.42. The van der Waals surface area contributed by atoms with Crippen LogP contribution in [0, 0.1) is 5.41 Å². The molecule has 2 fully saturated rings. The van der Waals surface area contributed by atoms with Gasteiger partial charge in [0.2, 0.25) is 0 Å². The summed E-state index contributed by atoms with van der Waals surface area (Å²) in [5.74, 6) is -0.757. The van der Waals surface area contributed by atoms with Gasteiger partial charge in [0.1, 0.15) is 12.3 Å². The molecule has 5 nitrogen and oxygen atoms in total. The van der Waals surface area contributed by atoms with E-state index in [2.05, 4.69) is 0 Å². The Kier molecular flexibility index (Phi) is 3.38. The van der Waals surface area contributed by atoms with Crippen molar-refractivity contribution in [2.45, 2.75) is 45.6 Å². The van der Waals surface area contributed by atoms with E-state index < -0.39 is 23.7 Å². The summed E-state index contributed by atoms with van der Waals surface area (Å²) in [6, 6.07) is 0.296. The van der Waals surface area contributed by atoms with Crippen molar-refractivity contribution < 1.29 is 20.1 Å². The second-order valence-electron chi connectivity index (χ2n) is 5.05. The first-order valence-corrected chi connectivity index (χ1v) is 5.10. The van der Waals surface area contributed by atoms with Gasteiger partial charge in [-0.15, -0.1) is 0 Å². The Morgan fingerprint density at radius 3 is 1.87 bits per heavy atom. The molecule has 88 valence electrons. The van der Waals surface area contributed by atoms with Crippen LogP contribution in [0.3, 0.4) is 0 Å². The van der Waals surface area contributed by atoms with Crippen LogP contribution >= 0.6 is 0 Å². The van der Waals surface area contributed by atoms with Gasteiger partial charge in [-0.2, -0.15) is 0 Å².